The Morgan fingerprint density at radius 3 is 1.44 bits per heavy atom. The van der Waals surface area contributed by atoms with Crippen LogP contribution in [0.4, 0.5) is 0 Å². The monoisotopic (exact) mass is 350 g/mol. The lowest BCUT2D eigenvalue weighted by atomic mass is 9.75. The van der Waals surface area contributed by atoms with Crippen molar-refractivity contribution in [1.29, 1.82) is 0 Å². The quantitative estimate of drug-likeness (QED) is 0.229. The summed E-state index contributed by atoms with van der Waals surface area (Å²) in [5.41, 5.74) is 0. The number of unbranched alkanes of at least 4 members (excludes halogenated alkanes) is 12. The van der Waals surface area contributed by atoms with Crippen molar-refractivity contribution >= 4 is 0 Å². The van der Waals surface area contributed by atoms with Crippen LogP contribution in [0.2, 0.25) is 0 Å². The average molecular weight is 351 g/mol. The highest BCUT2D eigenvalue weighted by Gasteiger charge is 2.22. The van der Waals surface area contributed by atoms with Crippen molar-refractivity contribution in [3.63, 3.8) is 0 Å². The van der Waals surface area contributed by atoms with Gasteiger partial charge in [-0.2, -0.15) is 0 Å². The first-order valence-electron chi connectivity index (χ1n) is 12.4. The van der Waals surface area contributed by atoms with Gasteiger partial charge in [-0.1, -0.05) is 149 Å². The van der Waals surface area contributed by atoms with Gasteiger partial charge in [0.05, 0.1) is 0 Å². The molecule has 0 spiro atoms. The molecule has 0 aromatic carbocycles. The van der Waals surface area contributed by atoms with E-state index in [2.05, 4.69) is 13.8 Å². The Balaban J connectivity index is 2.01. The summed E-state index contributed by atoms with van der Waals surface area (Å²) in [7, 11) is 0. The zero-order valence-corrected chi connectivity index (χ0v) is 18.0. The standard InChI is InChI=1S/C25H50/c1-3-5-7-8-9-10-11-12-13-14-17-21-24(20-16-6-4-2)25-22-18-15-19-23-25/h24-25H,3-23H2,1-2H3. The van der Waals surface area contributed by atoms with Crippen LogP contribution in [0.25, 0.3) is 0 Å². The van der Waals surface area contributed by atoms with E-state index in [1.807, 2.05) is 0 Å². The Hall–Kier alpha value is 0. The number of hydrogen-bond donors (Lipinski definition) is 0. The van der Waals surface area contributed by atoms with Crippen LogP contribution < -0.4 is 0 Å². The van der Waals surface area contributed by atoms with Crippen molar-refractivity contribution in [2.24, 2.45) is 11.8 Å². The minimum absolute atomic E-state index is 1.07. The third-order valence-corrected chi connectivity index (χ3v) is 6.67. The van der Waals surface area contributed by atoms with E-state index >= 15 is 0 Å². The van der Waals surface area contributed by atoms with Crippen molar-refractivity contribution in [2.75, 3.05) is 0 Å². The third-order valence-electron chi connectivity index (χ3n) is 6.67. The third kappa shape index (κ3) is 12.9. The maximum absolute atomic E-state index is 2.35. The topological polar surface area (TPSA) is 0 Å². The Morgan fingerprint density at radius 1 is 0.520 bits per heavy atom. The Morgan fingerprint density at radius 2 is 0.920 bits per heavy atom. The second-order valence-corrected chi connectivity index (χ2v) is 8.98. The molecule has 0 heteroatoms. The summed E-state index contributed by atoms with van der Waals surface area (Å²) in [5.74, 6) is 2.17. The van der Waals surface area contributed by atoms with Crippen molar-refractivity contribution in [3.8, 4) is 0 Å². The first-order valence-corrected chi connectivity index (χ1v) is 12.4. The molecular weight excluding hydrogens is 300 g/mol. The van der Waals surface area contributed by atoms with Gasteiger partial charge >= 0.3 is 0 Å². The molecule has 0 aromatic rings. The highest BCUT2D eigenvalue weighted by atomic mass is 14.3. The lowest BCUT2D eigenvalue weighted by molar-refractivity contribution is 0.215. The molecule has 0 radical (unpaired) electrons. The van der Waals surface area contributed by atoms with Crippen LogP contribution in [0.5, 0.6) is 0 Å². The molecule has 1 rings (SSSR count). The first-order chi connectivity index (χ1) is 12.4. The Kier molecular flexibility index (Phi) is 16.1. The molecule has 25 heavy (non-hydrogen) atoms. The molecule has 150 valence electrons. The molecule has 1 atom stereocenters. The zero-order chi connectivity index (χ0) is 18.0. The van der Waals surface area contributed by atoms with Crippen LogP contribution in [0.1, 0.15) is 149 Å². The fourth-order valence-corrected chi connectivity index (χ4v) is 4.95. The fourth-order valence-electron chi connectivity index (χ4n) is 4.95. The minimum Gasteiger partial charge on any atom is -0.0654 e. The molecule has 1 unspecified atom stereocenters. The van der Waals surface area contributed by atoms with E-state index in [9.17, 15) is 0 Å². The maximum atomic E-state index is 2.35. The summed E-state index contributed by atoms with van der Waals surface area (Å²) >= 11 is 0. The average Bonchev–Trinajstić information content (AvgIpc) is 2.65. The van der Waals surface area contributed by atoms with Gasteiger partial charge in [-0.25, -0.2) is 0 Å². The number of hydrogen-bond acceptors (Lipinski definition) is 0. The van der Waals surface area contributed by atoms with E-state index in [1.54, 1.807) is 19.3 Å². The fraction of sp³-hybridized carbons (Fsp3) is 1.00. The summed E-state index contributed by atoms with van der Waals surface area (Å²) in [5, 5.41) is 0. The molecule has 0 bridgehead atoms. The van der Waals surface area contributed by atoms with E-state index in [1.165, 1.54) is 116 Å². The SMILES string of the molecule is CCCCCCCCCCCCCC(CCCCC)C1CCCCC1. The molecule has 0 heterocycles. The van der Waals surface area contributed by atoms with Gasteiger partial charge < -0.3 is 0 Å². The van der Waals surface area contributed by atoms with Crippen LogP contribution in [0.3, 0.4) is 0 Å². The normalized spacial score (nSPS) is 17.0. The largest absolute Gasteiger partial charge is 0.0654 e. The first kappa shape index (κ1) is 23.0. The molecule has 0 N–H and O–H groups in total. The molecule has 0 aliphatic heterocycles. The van der Waals surface area contributed by atoms with Crippen LogP contribution in [-0.2, 0) is 0 Å². The van der Waals surface area contributed by atoms with E-state index in [0.29, 0.717) is 0 Å². The van der Waals surface area contributed by atoms with Crippen LogP contribution in [0.15, 0.2) is 0 Å². The molecule has 0 nitrogen and oxygen atoms in total. The summed E-state index contributed by atoms with van der Waals surface area (Å²) < 4.78 is 0. The highest BCUT2D eigenvalue weighted by Crippen LogP contribution is 2.35. The van der Waals surface area contributed by atoms with Crippen molar-refractivity contribution in [2.45, 2.75) is 149 Å². The van der Waals surface area contributed by atoms with Gasteiger partial charge in [-0.3, -0.25) is 0 Å². The summed E-state index contributed by atoms with van der Waals surface area (Å²) in [6.07, 6.45) is 31.3. The van der Waals surface area contributed by atoms with Crippen molar-refractivity contribution in [3.05, 3.63) is 0 Å². The molecule has 1 aliphatic carbocycles. The van der Waals surface area contributed by atoms with E-state index in [0.717, 1.165) is 11.8 Å². The van der Waals surface area contributed by atoms with E-state index < -0.39 is 0 Å². The second kappa shape index (κ2) is 17.4. The second-order valence-electron chi connectivity index (χ2n) is 8.98. The molecule has 0 aromatic heterocycles. The zero-order valence-electron chi connectivity index (χ0n) is 18.0. The molecule has 0 saturated heterocycles. The van der Waals surface area contributed by atoms with Crippen LogP contribution in [0, 0.1) is 11.8 Å². The van der Waals surface area contributed by atoms with Crippen LogP contribution in [-0.4, -0.2) is 0 Å². The van der Waals surface area contributed by atoms with Gasteiger partial charge in [-0.05, 0) is 11.8 Å². The van der Waals surface area contributed by atoms with Gasteiger partial charge in [0, 0.05) is 0 Å². The minimum atomic E-state index is 1.07. The summed E-state index contributed by atoms with van der Waals surface area (Å²) in [6.45, 7) is 4.65. The van der Waals surface area contributed by atoms with Gasteiger partial charge in [0.1, 0.15) is 0 Å². The molecule has 1 saturated carbocycles. The Bertz CT molecular complexity index is 251. The lowest BCUT2D eigenvalue weighted by Crippen LogP contribution is -2.18. The number of rotatable bonds is 17. The Labute approximate surface area is 160 Å². The lowest BCUT2D eigenvalue weighted by Gasteiger charge is -2.30. The smallest absolute Gasteiger partial charge is 0.0386 e. The van der Waals surface area contributed by atoms with Gasteiger partial charge in [-0.15, -0.1) is 0 Å². The molecular formula is C25H50. The molecule has 1 aliphatic rings. The summed E-state index contributed by atoms with van der Waals surface area (Å²) in [4.78, 5) is 0. The predicted molar refractivity (Wildman–Crippen MR) is 115 cm³/mol. The van der Waals surface area contributed by atoms with E-state index in [4.69, 9.17) is 0 Å². The van der Waals surface area contributed by atoms with E-state index in [-0.39, 0.29) is 0 Å². The van der Waals surface area contributed by atoms with Crippen LogP contribution >= 0.6 is 0 Å². The predicted octanol–water partition coefficient (Wildman–Crippen LogP) is 9.46. The molecule has 0 amide bonds. The summed E-state index contributed by atoms with van der Waals surface area (Å²) in [6, 6.07) is 0. The van der Waals surface area contributed by atoms with Gasteiger partial charge in [0.25, 0.3) is 0 Å². The van der Waals surface area contributed by atoms with Gasteiger partial charge in [0.2, 0.25) is 0 Å². The van der Waals surface area contributed by atoms with Crippen molar-refractivity contribution in [1.82, 2.24) is 0 Å². The highest BCUT2D eigenvalue weighted by molar-refractivity contribution is 4.74. The van der Waals surface area contributed by atoms with Gasteiger partial charge in [0.15, 0.2) is 0 Å². The van der Waals surface area contributed by atoms with Crippen molar-refractivity contribution < 1.29 is 0 Å². The molecule has 1 fully saturated rings. The maximum Gasteiger partial charge on any atom is -0.0386 e.